The number of carbonyl (C=O) groups excluding carboxylic acids is 2. The first-order valence-corrected chi connectivity index (χ1v) is 16.4. The molecule has 0 bridgehead atoms. The lowest BCUT2D eigenvalue weighted by molar-refractivity contribution is 0.102. The smallest absolute Gasteiger partial charge is 0.321 e. The molecule has 246 valence electrons. The topological polar surface area (TPSA) is 121 Å². The van der Waals surface area contributed by atoms with Crippen molar-refractivity contribution < 1.29 is 14.3 Å². The number of hydrogen-bond acceptors (Lipinski definition) is 7. The van der Waals surface area contributed by atoms with E-state index in [4.69, 9.17) is 9.72 Å². The minimum absolute atomic E-state index is 0.229. The first kappa shape index (κ1) is 33.1. The Kier molecular flexibility index (Phi) is 10.1. The lowest BCUT2D eigenvalue weighted by atomic mass is 10.1. The number of hydrogen-bond donors (Lipinski definition) is 3. The van der Waals surface area contributed by atoms with Gasteiger partial charge >= 0.3 is 6.03 Å². The Labute approximate surface area is 292 Å². The summed E-state index contributed by atoms with van der Waals surface area (Å²) >= 11 is 3.42. The monoisotopic (exact) mass is 715 g/mol. The predicted molar refractivity (Wildman–Crippen MR) is 197 cm³/mol. The minimum atomic E-state index is -0.287. The van der Waals surface area contributed by atoms with Crippen molar-refractivity contribution in [2.45, 2.75) is 26.3 Å². The van der Waals surface area contributed by atoms with Crippen LogP contribution in [0.2, 0.25) is 0 Å². The third-order valence-corrected chi connectivity index (χ3v) is 8.18. The zero-order valence-corrected chi connectivity index (χ0v) is 28.7. The highest BCUT2D eigenvalue weighted by Gasteiger charge is 2.16. The number of urea groups is 1. The fourth-order valence-corrected chi connectivity index (χ4v) is 5.25. The number of rotatable bonds is 10. The molecule has 6 rings (SSSR count). The van der Waals surface area contributed by atoms with E-state index in [0.29, 0.717) is 52.1 Å². The Hall–Kier alpha value is -5.81. The second-order valence-corrected chi connectivity index (χ2v) is 12.6. The zero-order valence-electron chi connectivity index (χ0n) is 27.1. The Morgan fingerprint density at radius 1 is 0.837 bits per heavy atom. The SMILES string of the molecule is CC(C)c1ccc2c(Nc3cc(C(=O)Nc4ccc(Br)cc4)ccc3Oc3ccc(NC(=O)N(C)Cc4ccccc4)cc3)ncnc2n1. The van der Waals surface area contributed by atoms with Crippen molar-refractivity contribution in [1.29, 1.82) is 0 Å². The maximum atomic E-state index is 13.3. The van der Waals surface area contributed by atoms with Crippen LogP contribution in [-0.4, -0.2) is 38.8 Å². The van der Waals surface area contributed by atoms with Crippen molar-refractivity contribution >= 4 is 61.8 Å². The third-order valence-electron chi connectivity index (χ3n) is 7.65. The van der Waals surface area contributed by atoms with Gasteiger partial charge in [-0.1, -0.05) is 60.1 Å². The summed E-state index contributed by atoms with van der Waals surface area (Å²) in [4.78, 5) is 41.3. The molecule has 6 aromatic rings. The highest BCUT2D eigenvalue weighted by molar-refractivity contribution is 9.10. The molecule has 3 N–H and O–H groups in total. The van der Waals surface area contributed by atoms with Gasteiger partial charge in [0.1, 0.15) is 17.9 Å². The van der Waals surface area contributed by atoms with E-state index in [9.17, 15) is 9.59 Å². The van der Waals surface area contributed by atoms with Gasteiger partial charge in [0.2, 0.25) is 0 Å². The van der Waals surface area contributed by atoms with Crippen molar-refractivity contribution in [3.05, 3.63) is 137 Å². The van der Waals surface area contributed by atoms with Gasteiger partial charge in [-0.15, -0.1) is 0 Å². The number of ether oxygens (including phenoxy) is 1. The molecule has 11 heteroatoms. The molecule has 0 saturated heterocycles. The predicted octanol–water partition coefficient (Wildman–Crippen LogP) is 9.36. The lowest BCUT2D eigenvalue weighted by Crippen LogP contribution is -2.30. The summed E-state index contributed by atoms with van der Waals surface area (Å²) in [7, 11) is 1.75. The van der Waals surface area contributed by atoms with Crippen LogP contribution in [0.5, 0.6) is 11.5 Å². The van der Waals surface area contributed by atoms with Gasteiger partial charge in [-0.25, -0.2) is 19.7 Å². The highest BCUT2D eigenvalue weighted by atomic mass is 79.9. The molecule has 4 aromatic carbocycles. The van der Waals surface area contributed by atoms with Gasteiger partial charge in [0.05, 0.1) is 11.1 Å². The van der Waals surface area contributed by atoms with E-state index < -0.39 is 0 Å². The van der Waals surface area contributed by atoms with Crippen molar-refractivity contribution in [2.24, 2.45) is 0 Å². The fourth-order valence-electron chi connectivity index (χ4n) is 4.98. The van der Waals surface area contributed by atoms with Crippen LogP contribution in [0.3, 0.4) is 0 Å². The molecule has 10 nitrogen and oxygen atoms in total. The summed E-state index contributed by atoms with van der Waals surface area (Å²) in [6.07, 6.45) is 1.46. The minimum Gasteiger partial charge on any atom is -0.455 e. The van der Waals surface area contributed by atoms with Crippen LogP contribution in [0.15, 0.2) is 120 Å². The largest absolute Gasteiger partial charge is 0.455 e. The average molecular weight is 717 g/mol. The fraction of sp³-hybridized carbons (Fsp3) is 0.132. The Bertz CT molecular complexity index is 2090. The summed E-state index contributed by atoms with van der Waals surface area (Å²) in [6, 6.07) is 33.0. The third kappa shape index (κ3) is 8.38. The molecule has 0 aliphatic rings. The molecule has 0 spiro atoms. The Morgan fingerprint density at radius 2 is 1.55 bits per heavy atom. The number of halogens is 1. The zero-order chi connectivity index (χ0) is 34.3. The van der Waals surface area contributed by atoms with Gasteiger partial charge in [0.15, 0.2) is 11.4 Å². The van der Waals surface area contributed by atoms with Crippen LogP contribution >= 0.6 is 15.9 Å². The summed E-state index contributed by atoms with van der Waals surface area (Å²) in [5.41, 5.74) is 4.73. The number of carbonyl (C=O) groups is 2. The second kappa shape index (κ2) is 15.0. The summed E-state index contributed by atoms with van der Waals surface area (Å²) in [6.45, 7) is 4.64. The van der Waals surface area contributed by atoms with Crippen LogP contribution in [0.1, 0.15) is 41.4 Å². The van der Waals surface area contributed by atoms with Crippen molar-refractivity contribution in [2.75, 3.05) is 23.0 Å². The number of fused-ring (bicyclic) bond motifs is 1. The molecule has 2 aromatic heterocycles. The summed E-state index contributed by atoms with van der Waals surface area (Å²) < 4.78 is 7.23. The molecule has 0 aliphatic heterocycles. The van der Waals surface area contributed by atoms with Crippen molar-refractivity contribution in [1.82, 2.24) is 19.9 Å². The molecule has 0 radical (unpaired) electrons. The molecule has 0 aliphatic carbocycles. The van der Waals surface area contributed by atoms with E-state index in [-0.39, 0.29) is 17.9 Å². The summed E-state index contributed by atoms with van der Waals surface area (Å²) in [5, 5.41) is 9.93. The molecule has 2 heterocycles. The van der Waals surface area contributed by atoms with Crippen molar-refractivity contribution in [3.8, 4) is 11.5 Å². The summed E-state index contributed by atoms with van der Waals surface area (Å²) in [5.74, 6) is 1.46. The van der Waals surface area contributed by atoms with E-state index in [1.54, 1.807) is 54.4 Å². The second-order valence-electron chi connectivity index (χ2n) is 11.7. The number of nitrogens with zero attached hydrogens (tertiary/aromatic N) is 4. The van der Waals surface area contributed by atoms with Gasteiger partial charge in [-0.2, -0.15) is 0 Å². The molecule has 0 unspecified atom stereocenters. The van der Waals surface area contributed by atoms with Gasteiger partial charge in [0, 0.05) is 40.7 Å². The van der Waals surface area contributed by atoms with E-state index in [0.717, 1.165) is 21.1 Å². The standard InChI is InChI=1S/C38H34BrN7O3/c1-24(2)32-19-18-31-35(44-32)40-23-41-36(31)45-33-21-26(37(47)42-28-12-10-27(39)11-13-28)9-20-34(33)49-30-16-14-29(15-17-30)43-38(48)46(3)22-25-7-5-4-6-8-25/h4-21,23-24H,22H2,1-3H3,(H,42,47)(H,43,48)(H,40,41,44,45). The van der Waals surface area contributed by atoms with Crippen LogP contribution in [-0.2, 0) is 6.54 Å². The Morgan fingerprint density at radius 3 is 2.29 bits per heavy atom. The molecule has 0 fully saturated rings. The first-order valence-electron chi connectivity index (χ1n) is 15.7. The van der Waals surface area contributed by atoms with Gasteiger partial charge in [-0.3, -0.25) is 4.79 Å². The van der Waals surface area contributed by atoms with Crippen LogP contribution in [0.25, 0.3) is 11.0 Å². The number of amides is 3. The van der Waals surface area contributed by atoms with Crippen LogP contribution in [0, 0.1) is 0 Å². The first-order chi connectivity index (χ1) is 23.7. The molecular formula is C38H34BrN7O3. The van der Waals surface area contributed by atoms with E-state index in [2.05, 4.69) is 55.7 Å². The van der Waals surface area contributed by atoms with E-state index in [1.807, 2.05) is 66.7 Å². The lowest BCUT2D eigenvalue weighted by Gasteiger charge is -2.18. The molecule has 0 atom stereocenters. The highest BCUT2D eigenvalue weighted by Crippen LogP contribution is 2.35. The number of nitrogens with one attached hydrogen (secondary N) is 3. The molecule has 0 saturated carbocycles. The van der Waals surface area contributed by atoms with E-state index >= 15 is 0 Å². The number of pyridine rings is 1. The number of anilines is 4. The number of benzene rings is 4. The van der Waals surface area contributed by atoms with Gasteiger partial charge < -0.3 is 25.6 Å². The average Bonchev–Trinajstić information content (AvgIpc) is 3.11. The maximum Gasteiger partial charge on any atom is 0.321 e. The van der Waals surface area contributed by atoms with Crippen LogP contribution in [0.4, 0.5) is 27.7 Å². The normalized spacial score (nSPS) is 10.9. The van der Waals surface area contributed by atoms with E-state index in [1.165, 1.54) is 6.33 Å². The quantitative estimate of drug-likeness (QED) is 0.129. The van der Waals surface area contributed by atoms with Gasteiger partial charge in [0.25, 0.3) is 5.91 Å². The molecule has 3 amide bonds. The molecule has 49 heavy (non-hydrogen) atoms. The number of aromatic nitrogens is 3. The Balaban J connectivity index is 1.24. The molecular weight excluding hydrogens is 682 g/mol. The van der Waals surface area contributed by atoms with Gasteiger partial charge in [-0.05, 0) is 90.3 Å². The maximum absolute atomic E-state index is 13.3. The van der Waals surface area contributed by atoms with Crippen molar-refractivity contribution in [3.63, 3.8) is 0 Å². The van der Waals surface area contributed by atoms with Crippen LogP contribution < -0.4 is 20.7 Å².